The molecular weight excluding hydrogens is 340 g/mol. The SMILES string of the molecule is C[C@@H](CCc1ccccc1)NC(=S)Nc1ccc(OC2CCCC2)cc1. The molecule has 0 bridgehead atoms. The number of nitrogens with one attached hydrogen (secondary N) is 2. The maximum Gasteiger partial charge on any atom is 0.170 e. The van der Waals surface area contributed by atoms with E-state index < -0.39 is 0 Å². The van der Waals surface area contributed by atoms with E-state index in [0.29, 0.717) is 17.3 Å². The largest absolute Gasteiger partial charge is 0.490 e. The van der Waals surface area contributed by atoms with Crippen molar-refractivity contribution >= 4 is 23.0 Å². The lowest BCUT2D eigenvalue weighted by molar-refractivity contribution is 0.210. The van der Waals surface area contributed by atoms with Crippen LogP contribution in [0.3, 0.4) is 0 Å². The summed E-state index contributed by atoms with van der Waals surface area (Å²) in [5.41, 5.74) is 2.34. The van der Waals surface area contributed by atoms with Gasteiger partial charge in [0.2, 0.25) is 0 Å². The predicted octanol–water partition coefficient (Wildman–Crippen LogP) is 5.32. The van der Waals surface area contributed by atoms with Gasteiger partial charge in [-0.1, -0.05) is 30.3 Å². The van der Waals surface area contributed by atoms with Gasteiger partial charge in [-0.2, -0.15) is 0 Å². The molecule has 0 spiro atoms. The van der Waals surface area contributed by atoms with Crippen molar-refractivity contribution in [1.82, 2.24) is 5.32 Å². The first-order chi connectivity index (χ1) is 12.7. The molecule has 138 valence electrons. The number of thiocarbonyl (C=S) groups is 1. The minimum absolute atomic E-state index is 0.320. The Morgan fingerprint density at radius 2 is 1.77 bits per heavy atom. The zero-order valence-electron chi connectivity index (χ0n) is 15.4. The standard InChI is InChI=1S/C22H28N2OS/c1-17(11-12-18-7-3-2-4-8-18)23-22(26)24-19-13-15-21(16-14-19)25-20-9-5-6-10-20/h2-4,7-8,13-17,20H,5-6,9-12H2,1H3,(H2,23,24,26)/t17-/m0/s1. The van der Waals surface area contributed by atoms with Crippen molar-refractivity contribution in [2.75, 3.05) is 5.32 Å². The lowest BCUT2D eigenvalue weighted by Crippen LogP contribution is -2.36. The van der Waals surface area contributed by atoms with E-state index in [2.05, 4.69) is 41.8 Å². The summed E-state index contributed by atoms with van der Waals surface area (Å²) in [4.78, 5) is 0. The smallest absolute Gasteiger partial charge is 0.170 e. The van der Waals surface area contributed by atoms with Crippen LogP contribution in [0.5, 0.6) is 5.75 Å². The summed E-state index contributed by atoms with van der Waals surface area (Å²) < 4.78 is 6.00. The predicted molar refractivity (Wildman–Crippen MR) is 113 cm³/mol. The van der Waals surface area contributed by atoms with E-state index in [-0.39, 0.29) is 0 Å². The molecule has 1 aliphatic carbocycles. The second-order valence-electron chi connectivity index (χ2n) is 7.07. The highest BCUT2D eigenvalue weighted by Gasteiger charge is 2.16. The third-order valence-electron chi connectivity index (χ3n) is 4.80. The Morgan fingerprint density at radius 1 is 1.08 bits per heavy atom. The van der Waals surface area contributed by atoms with Crippen LogP contribution < -0.4 is 15.4 Å². The fourth-order valence-corrected chi connectivity index (χ4v) is 3.63. The molecule has 0 saturated heterocycles. The van der Waals surface area contributed by atoms with E-state index in [1.807, 2.05) is 30.3 Å². The molecule has 1 fully saturated rings. The summed E-state index contributed by atoms with van der Waals surface area (Å²) in [7, 11) is 0. The summed E-state index contributed by atoms with van der Waals surface area (Å²) in [6, 6.07) is 18.9. The fourth-order valence-electron chi connectivity index (χ4n) is 3.31. The zero-order valence-corrected chi connectivity index (χ0v) is 16.2. The second kappa shape index (κ2) is 9.58. The van der Waals surface area contributed by atoms with Gasteiger partial charge in [0, 0.05) is 11.7 Å². The average Bonchev–Trinajstić information content (AvgIpc) is 3.15. The Bertz CT molecular complexity index is 681. The van der Waals surface area contributed by atoms with Gasteiger partial charge < -0.3 is 15.4 Å². The van der Waals surface area contributed by atoms with Gasteiger partial charge in [0.1, 0.15) is 5.75 Å². The Hall–Kier alpha value is -2.07. The zero-order chi connectivity index (χ0) is 18.2. The van der Waals surface area contributed by atoms with Crippen molar-refractivity contribution in [3.8, 4) is 5.75 Å². The van der Waals surface area contributed by atoms with Crippen molar-refractivity contribution in [3.63, 3.8) is 0 Å². The van der Waals surface area contributed by atoms with Crippen LogP contribution in [0, 0.1) is 0 Å². The van der Waals surface area contributed by atoms with Gasteiger partial charge in [-0.15, -0.1) is 0 Å². The van der Waals surface area contributed by atoms with Crippen LogP contribution in [0.25, 0.3) is 0 Å². The maximum atomic E-state index is 6.00. The molecule has 2 aromatic carbocycles. The van der Waals surface area contributed by atoms with Crippen LogP contribution in [0.4, 0.5) is 5.69 Å². The minimum Gasteiger partial charge on any atom is -0.490 e. The van der Waals surface area contributed by atoms with E-state index in [0.717, 1.165) is 24.3 Å². The molecule has 2 N–H and O–H groups in total. The van der Waals surface area contributed by atoms with Crippen LogP contribution in [-0.4, -0.2) is 17.3 Å². The Morgan fingerprint density at radius 3 is 2.46 bits per heavy atom. The molecule has 1 atom stereocenters. The lowest BCUT2D eigenvalue weighted by Gasteiger charge is -2.17. The number of anilines is 1. The average molecular weight is 369 g/mol. The Kier molecular flexibility index (Phi) is 6.89. The number of aryl methyl sites for hydroxylation is 1. The first kappa shape index (κ1) is 18.7. The molecule has 3 rings (SSSR count). The quantitative estimate of drug-likeness (QED) is 0.648. The van der Waals surface area contributed by atoms with Crippen molar-refractivity contribution < 1.29 is 4.74 Å². The van der Waals surface area contributed by atoms with Gasteiger partial charge in [0.15, 0.2) is 5.11 Å². The summed E-state index contributed by atoms with van der Waals surface area (Å²) in [5, 5.41) is 7.28. The third-order valence-corrected chi connectivity index (χ3v) is 5.02. The summed E-state index contributed by atoms with van der Waals surface area (Å²) in [6.07, 6.45) is 7.40. The molecule has 4 heteroatoms. The first-order valence-corrected chi connectivity index (χ1v) is 9.98. The van der Waals surface area contributed by atoms with Crippen molar-refractivity contribution in [3.05, 3.63) is 60.2 Å². The van der Waals surface area contributed by atoms with Crippen molar-refractivity contribution in [2.24, 2.45) is 0 Å². The highest BCUT2D eigenvalue weighted by molar-refractivity contribution is 7.80. The molecule has 0 radical (unpaired) electrons. The molecule has 26 heavy (non-hydrogen) atoms. The number of benzene rings is 2. The summed E-state index contributed by atoms with van der Waals surface area (Å²) >= 11 is 5.44. The molecular formula is C22H28N2OS. The summed E-state index contributed by atoms with van der Waals surface area (Å²) in [6.45, 7) is 2.16. The molecule has 2 aromatic rings. The molecule has 1 saturated carbocycles. The topological polar surface area (TPSA) is 33.3 Å². The van der Waals surface area contributed by atoms with Crippen LogP contribution in [0.1, 0.15) is 44.6 Å². The van der Waals surface area contributed by atoms with E-state index in [4.69, 9.17) is 17.0 Å². The van der Waals surface area contributed by atoms with Gasteiger partial charge in [-0.3, -0.25) is 0 Å². The molecule has 0 amide bonds. The second-order valence-corrected chi connectivity index (χ2v) is 7.48. The number of ether oxygens (including phenoxy) is 1. The van der Waals surface area contributed by atoms with Crippen LogP contribution in [-0.2, 0) is 6.42 Å². The van der Waals surface area contributed by atoms with Crippen molar-refractivity contribution in [1.29, 1.82) is 0 Å². The molecule has 1 aliphatic rings. The van der Waals surface area contributed by atoms with Gasteiger partial charge >= 0.3 is 0 Å². The van der Waals surface area contributed by atoms with Crippen LogP contribution >= 0.6 is 12.2 Å². The first-order valence-electron chi connectivity index (χ1n) is 9.57. The molecule has 0 aliphatic heterocycles. The van der Waals surface area contributed by atoms with Gasteiger partial charge in [-0.05, 0) is 87.5 Å². The number of rotatable bonds is 7. The third kappa shape index (κ3) is 6.03. The minimum atomic E-state index is 0.320. The van der Waals surface area contributed by atoms with Gasteiger partial charge in [-0.25, -0.2) is 0 Å². The van der Waals surface area contributed by atoms with E-state index >= 15 is 0 Å². The Labute approximate surface area is 162 Å². The van der Waals surface area contributed by atoms with Gasteiger partial charge in [0.25, 0.3) is 0 Å². The molecule has 3 nitrogen and oxygen atoms in total. The number of hydrogen-bond donors (Lipinski definition) is 2. The molecule has 0 aromatic heterocycles. The van der Waals surface area contributed by atoms with Crippen LogP contribution in [0.2, 0.25) is 0 Å². The van der Waals surface area contributed by atoms with Crippen molar-refractivity contribution in [2.45, 2.75) is 57.6 Å². The van der Waals surface area contributed by atoms with E-state index in [9.17, 15) is 0 Å². The van der Waals surface area contributed by atoms with Crippen LogP contribution in [0.15, 0.2) is 54.6 Å². The maximum absolute atomic E-state index is 6.00. The lowest BCUT2D eigenvalue weighted by atomic mass is 10.1. The fraction of sp³-hybridized carbons (Fsp3) is 0.409. The monoisotopic (exact) mass is 368 g/mol. The Balaban J connectivity index is 1.40. The normalized spacial score (nSPS) is 15.4. The highest BCUT2D eigenvalue weighted by atomic mass is 32.1. The molecule has 0 unspecified atom stereocenters. The van der Waals surface area contributed by atoms with E-state index in [1.54, 1.807) is 0 Å². The number of hydrogen-bond acceptors (Lipinski definition) is 2. The molecule has 0 heterocycles. The van der Waals surface area contributed by atoms with E-state index in [1.165, 1.54) is 31.2 Å². The summed E-state index contributed by atoms with van der Waals surface area (Å²) in [5.74, 6) is 0.942. The van der Waals surface area contributed by atoms with Gasteiger partial charge in [0.05, 0.1) is 6.10 Å². The highest BCUT2D eigenvalue weighted by Crippen LogP contribution is 2.25.